The molecule has 26 heavy (non-hydrogen) atoms. The second-order valence-corrected chi connectivity index (χ2v) is 8.51. The largest absolute Gasteiger partial charge is 0.497 e. The number of ether oxygens (including phenoxy) is 2. The summed E-state index contributed by atoms with van der Waals surface area (Å²) in [6, 6.07) is 14.8. The lowest BCUT2D eigenvalue weighted by molar-refractivity contribution is 0.185. The first-order valence-corrected chi connectivity index (χ1v) is 10.3. The molecule has 0 unspecified atom stereocenters. The molecular formula is C20H25NO4S. The highest BCUT2D eigenvalue weighted by Crippen LogP contribution is 2.28. The summed E-state index contributed by atoms with van der Waals surface area (Å²) in [6.07, 6.45) is 1.61. The van der Waals surface area contributed by atoms with Crippen LogP contribution in [0.3, 0.4) is 0 Å². The fourth-order valence-corrected chi connectivity index (χ4v) is 4.90. The van der Waals surface area contributed by atoms with Crippen LogP contribution in [0.5, 0.6) is 11.5 Å². The van der Waals surface area contributed by atoms with Gasteiger partial charge in [0.05, 0.1) is 18.6 Å². The Morgan fingerprint density at radius 1 is 1.04 bits per heavy atom. The Balaban J connectivity index is 1.60. The zero-order chi connectivity index (χ0) is 18.6. The van der Waals surface area contributed by atoms with E-state index in [1.807, 2.05) is 30.3 Å². The van der Waals surface area contributed by atoms with Gasteiger partial charge in [-0.15, -0.1) is 0 Å². The fourth-order valence-electron chi connectivity index (χ4n) is 3.22. The van der Waals surface area contributed by atoms with Crippen LogP contribution in [0.4, 0.5) is 0 Å². The van der Waals surface area contributed by atoms with Gasteiger partial charge in [0.2, 0.25) is 10.0 Å². The number of aryl methyl sites for hydroxylation is 1. The van der Waals surface area contributed by atoms with Crippen LogP contribution in [0.2, 0.25) is 0 Å². The number of sulfonamides is 1. The maximum atomic E-state index is 12.9. The van der Waals surface area contributed by atoms with Crippen molar-refractivity contribution in [2.75, 3.05) is 26.8 Å². The van der Waals surface area contributed by atoms with Crippen molar-refractivity contribution in [3.63, 3.8) is 0 Å². The molecular weight excluding hydrogens is 350 g/mol. The zero-order valence-electron chi connectivity index (χ0n) is 15.2. The first kappa shape index (κ1) is 18.7. The van der Waals surface area contributed by atoms with Crippen molar-refractivity contribution in [3.05, 3.63) is 54.1 Å². The van der Waals surface area contributed by atoms with E-state index >= 15 is 0 Å². The quantitative estimate of drug-likeness (QED) is 0.776. The summed E-state index contributed by atoms with van der Waals surface area (Å²) in [5.41, 5.74) is 0.707. The topological polar surface area (TPSA) is 55.8 Å². The maximum Gasteiger partial charge on any atom is 0.243 e. The van der Waals surface area contributed by atoms with E-state index in [1.165, 1.54) is 0 Å². The van der Waals surface area contributed by atoms with E-state index in [1.54, 1.807) is 36.5 Å². The summed E-state index contributed by atoms with van der Waals surface area (Å²) >= 11 is 0. The van der Waals surface area contributed by atoms with Gasteiger partial charge in [-0.05, 0) is 61.6 Å². The van der Waals surface area contributed by atoms with Crippen LogP contribution in [0.15, 0.2) is 53.4 Å². The van der Waals surface area contributed by atoms with Gasteiger partial charge in [-0.2, -0.15) is 4.31 Å². The van der Waals surface area contributed by atoms with Gasteiger partial charge in [0.1, 0.15) is 11.5 Å². The van der Waals surface area contributed by atoms with Gasteiger partial charge in [0, 0.05) is 13.1 Å². The van der Waals surface area contributed by atoms with Gasteiger partial charge in [0.25, 0.3) is 0 Å². The molecule has 0 bridgehead atoms. The molecule has 0 N–H and O–H groups in total. The molecule has 0 spiro atoms. The van der Waals surface area contributed by atoms with Crippen molar-refractivity contribution in [3.8, 4) is 11.5 Å². The van der Waals surface area contributed by atoms with Crippen LogP contribution < -0.4 is 9.47 Å². The molecule has 1 heterocycles. The van der Waals surface area contributed by atoms with Gasteiger partial charge in [-0.1, -0.05) is 18.2 Å². The Bertz CT molecular complexity index is 828. The Labute approximate surface area is 155 Å². The van der Waals surface area contributed by atoms with Crippen LogP contribution in [-0.4, -0.2) is 39.5 Å². The molecule has 0 radical (unpaired) electrons. The third-order valence-electron chi connectivity index (χ3n) is 4.80. The summed E-state index contributed by atoms with van der Waals surface area (Å²) in [4.78, 5) is 0.359. The first-order chi connectivity index (χ1) is 12.5. The summed E-state index contributed by atoms with van der Waals surface area (Å²) in [6.45, 7) is 3.47. The smallest absolute Gasteiger partial charge is 0.243 e. The van der Waals surface area contributed by atoms with E-state index in [4.69, 9.17) is 9.47 Å². The first-order valence-electron chi connectivity index (χ1n) is 8.83. The van der Waals surface area contributed by atoms with Crippen LogP contribution in [-0.2, 0) is 10.0 Å². The number of hydrogen-bond donors (Lipinski definition) is 0. The number of piperidine rings is 1. The second-order valence-electron chi connectivity index (χ2n) is 6.60. The van der Waals surface area contributed by atoms with E-state index in [0.717, 1.165) is 18.6 Å². The Hall–Kier alpha value is -2.05. The maximum absolute atomic E-state index is 12.9. The number of rotatable bonds is 6. The number of para-hydroxylation sites is 1. The molecule has 2 aromatic rings. The van der Waals surface area contributed by atoms with Gasteiger partial charge in [0.15, 0.2) is 0 Å². The minimum Gasteiger partial charge on any atom is -0.497 e. The zero-order valence-corrected chi connectivity index (χ0v) is 16.0. The fraction of sp³-hybridized carbons (Fsp3) is 0.400. The third-order valence-corrected chi connectivity index (χ3v) is 6.86. The molecule has 1 aliphatic rings. The molecule has 0 saturated carbocycles. The molecule has 0 atom stereocenters. The van der Waals surface area contributed by atoms with Gasteiger partial charge < -0.3 is 9.47 Å². The van der Waals surface area contributed by atoms with Crippen molar-refractivity contribution in [2.24, 2.45) is 5.92 Å². The molecule has 5 nitrogen and oxygen atoms in total. The summed E-state index contributed by atoms with van der Waals surface area (Å²) in [5, 5.41) is 0. The standard InChI is InChI=1S/C20H25NO4S/c1-16-14-19(24-2)8-9-20(16)26(22,23)21-12-10-17(11-13-21)15-25-18-6-4-3-5-7-18/h3-9,14,17H,10-13,15H2,1-2H3. The predicted molar refractivity (Wildman–Crippen MR) is 101 cm³/mol. The van der Waals surface area contributed by atoms with Crippen LogP contribution >= 0.6 is 0 Å². The van der Waals surface area contributed by atoms with Crippen molar-refractivity contribution >= 4 is 10.0 Å². The molecule has 2 aromatic carbocycles. The Kier molecular flexibility index (Phi) is 5.84. The van der Waals surface area contributed by atoms with Gasteiger partial charge >= 0.3 is 0 Å². The van der Waals surface area contributed by atoms with Crippen LogP contribution in [0.1, 0.15) is 18.4 Å². The predicted octanol–water partition coefficient (Wildman–Crippen LogP) is 3.48. The van der Waals surface area contributed by atoms with Crippen LogP contribution in [0, 0.1) is 12.8 Å². The third kappa shape index (κ3) is 4.19. The molecule has 1 aliphatic heterocycles. The van der Waals surface area contributed by atoms with E-state index in [0.29, 0.717) is 41.8 Å². The Morgan fingerprint density at radius 3 is 2.35 bits per heavy atom. The van der Waals surface area contributed by atoms with Crippen molar-refractivity contribution in [1.82, 2.24) is 4.31 Å². The summed E-state index contributed by atoms with van der Waals surface area (Å²) in [5.74, 6) is 1.90. The highest BCUT2D eigenvalue weighted by molar-refractivity contribution is 7.89. The minimum atomic E-state index is -3.47. The Morgan fingerprint density at radius 2 is 1.73 bits per heavy atom. The second kappa shape index (κ2) is 8.10. The van der Waals surface area contributed by atoms with E-state index < -0.39 is 10.0 Å². The molecule has 0 aromatic heterocycles. The minimum absolute atomic E-state index is 0.359. The van der Waals surface area contributed by atoms with Crippen molar-refractivity contribution in [2.45, 2.75) is 24.7 Å². The van der Waals surface area contributed by atoms with Crippen molar-refractivity contribution < 1.29 is 17.9 Å². The number of hydrogen-bond acceptors (Lipinski definition) is 4. The van der Waals surface area contributed by atoms with E-state index in [2.05, 4.69) is 0 Å². The monoisotopic (exact) mass is 375 g/mol. The molecule has 0 amide bonds. The normalized spacial score (nSPS) is 16.4. The van der Waals surface area contributed by atoms with Gasteiger partial charge in [-0.3, -0.25) is 0 Å². The molecule has 0 aliphatic carbocycles. The lowest BCUT2D eigenvalue weighted by atomic mass is 9.99. The molecule has 1 fully saturated rings. The average Bonchev–Trinajstić information content (AvgIpc) is 2.67. The SMILES string of the molecule is COc1ccc(S(=O)(=O)N2CCC(COc3ccccc3)CC2)c(C)c1. The number of methoxy groups -OCH3 is 1. The van der Waals surface area contributed by atoms with Gasteiger partial charge in [-0.25, -0.2) is 8.42 Å². The highest BCUT2D eigenvalue weighted by atomic mass is 32.2. The van der Waals surface area contributed by atoms with E-state index in [9.17, 15) is 8.42 Å². The summed E-state index contributed by atoms with van der Waals surface area (Å²) in [7, 11) is -1.90. The van der Waals surface area contributed by atoms with Crippen LogP contribution in [0.25, 0.3) is 0 Å². The molecule has 3 rings (SSSR count). The number of benzene rings is 2. The van der Waals surface area contributed by atoms with Crippen molar-refractivity contribution in [1.29, 1.82) is 0 Å². The number of nitrogens with zero attached hydrogens (tertiary/aromatic N) is 1. The highest BCUT2D eigenvalue weighted by Gasteiger charge is 2.30. The lowest BCUT2D eigenvalue weighted by Gasteiger charge is -2.31. The molecule has 1 saturated heterocycles. The van der Waals surface area contributed by atoms with E-state index in [-0.39, 0.29) is 0 Å². The average molecular weight is 375 g/mol. The summed E-state index contributed by atoms with van der Waals surface area (Å²) < 4.78 is 38.5. The molecule has 6 heteroatoms. The lowest BCUT2D eigenvalue weighted by Crippen LogP contribution is -2.39. The molecule has 140 valence electrons.